The Hall–Kier alpha value is -0.130. The maximum absolute atomic E-state index is 9.83. The van der Waals surface area contributed by atoms with E-state index in [1.54, 1.807) is 7.05 Å². The van der Waals surface area contributed by atoms with Crippen LogP contribution in [0.25, 0.3) is 0 Å². The average molecular weight is 169 g/mol. The summed E-state index contributed by atoms with van der Waals surface area (Å²) in [5, 5.41) is 0. The topological polar surface area (TPSA) is 84.8 Å². The Kier molecular flexibility index (Phi) is 8.75. The highest BCUT2D eigenvalue weighted by atomic mass is 32.2. The summed E-state index contributed by atoms with van der Waals surface area (Å²) in [4.78, 5) is 0. The summed E-state index contributed by atoms with van der Waals surface area (Å²) < 4.78 is 29.5. The molecule has 64 valence electrons. The number of quaternary nitrogens is 1. The molecule has 0 radical (unpaired) electrons. The molecule has 0 bridgehead atoms. The van der Waals surface area contributed by atoms with E-state index < -0.39 is 10.1 Å². The first-order valence-electron chi connectivity index (χ1n) is 3.20. The molecule has 0 spiro atoms. The van der Waals surface area contributed by atoms with Gasteiger partial charge in [-0.1, -0.05) is 13.3 Å². The fraction of sp³-hybridized carbons (Fsp3) is 1.00. The van der Waals surface area contributed by atoms with Crippen LogP contribution in [0.3, 0.4) is 0 Å². The molecule has 0 fully saturated rings. The first-order chi connectivity index (χ1) is 4.56. The third-order valence-electron chi connectivity index (χ3n) is 0.748. The summed E-state index contributed by atoms with van der Waals surface area (Å²) in [5.74, 6) is -0.219. The SMILES string of the molecule is CCCCS(=O)(=O)[O-].C[NH3+]. The van der Waals surface area contributed by atoms with Gasteiger partial charge >= 0.3 is 0 Å². The van der Waals surface area contributed by atoms with E-state index in [9.17, 15) is 13.0 Å². The van der Waals surface area contributed by atoms with E-state index in [0.717, 1.165) is 6.42 Å². The molecule has 0 atom stereocenters. The highest BCUT2D eigenvalue weighted by Crippen LogP contribution is 1.90. The molecule has 0 aromatic heterocycles. The molecule has 0 amide bonds. The van der Waals surface area contributed by atoms with Crippen LogP contribution >= 0.6 is 0 Å². The van der Waals surface area contributed by atoms with Gasteiger partial charge in [-0.05, 0) is 6.42 Å². The normalized spacial score (nSPS) is 10.0. The molecule has 0 aliphatic carbocycles. The van der Waals surface area contributed by atoms with E-state index in [4.69, 9.17) is 0 Å². The molecule has 0 saturated carbocycles. The summed E-state index contributed by atoms with van der Waals surface area (Å²) in [5.41, 5.74) is 3.25. The van der Waals surface area contributed by atoms with Gasteiger partial charge in [0, 0.05) is 5.75 Å². The van der Waals surface area contributed by atoms with Crippen LogP contribution in [-0.4, -0.2) is 25.8 Å². The van der Waals surface area contributed by atoms with Gasteiger partial charge in [0.15, 0.2) is 0 Å². The van der Waals surface area contributed by atoms with Gasteiger partial charge in [0.25, 0.3) is 0 Å². The minimum atomic E-state index is -3.94. The predicted molar refractivity (Wildman–Crippen MR) is 38.3 cm³/mol. The van der Waals surface area contributed by atoms with Crippen molar-refractivity contribution in [2.24, 2.45) is 0 Å². The zero-order valence-corrected chi connectivity index (χ0v) is 7.28. The molecule has 0 unspecified atom stereocenters. The van der Waals surface area contributed by atoms with Crippen molar-refractivity contribution < 1.29 is 18.7 Å². The van der Waals surface area contributed by atoms with Gasteiger partial charge in [0.05, 0.1) is 17.2 Å². The Labute approximate surface area is 62.2 Å². The summed E-state index contributed by atoms with van der Waals surface area (Å²) in [7, 11) is -2.19. The average Bonchev–Trinajstić information content (AvgIpc) is 1.87. The lowest BCUT2D eigenvalue weighted by Crippen LogP contribution is -2.40. The molecule has 5 heteroatoms. The van der Waals surface area contributed by atoms with Gasteiger partial charge in [0.1, 0.15) is 0 Å². The van der Waals surface area contributed by atoms with Crippen LogP contribution in [-0.2, 0) is 10.1 Å². The molecule has 4 nitrogen and oxygen atoms in total. The van der Waals surface area contributed by atoms with Crippen LogP contribution in [0.2, 0.25) is 0 Å². The van der Waals surface area contributed by atoms with Crippen molar-refractivity contribution in [1.82, 2.24) is 0 Å². The molecule has 0 rings (SSSR count). The van der Waals surface area contributed by atoms with Crippen molar-refractivity contribution in [3.8, 4) is 0 Å². The van der Waals surface area contributed by atoms with Gasteiger partial charge in [-0.2, -0.15) is 0 Å². The molecule has 0 saturated heterocycles. The summed E-state index contributed by atoms with van der Waals surface area (Å²) in [6.45, 7) is 1.84. The van der Waals surface area contributed by atoms with Crippen LogP contribution in [0.4, 0.5) is 0 Å². The molecule has 10 heavy (non-hydrogen) atoms. The highest BCUT2D eigenvalue weighted by molar-refractivity contribution is 7.85. The first kappa shape index (κ1) is 12.5. The van der Waals surface area contributed by atoms with Crippen LogP contribution < -0.4 is 5.73 Å². The second-order valence-corrected chi connectivity index (χ2v) is 3.14. The van der Waals surface area contributed by atoms with Crippen LogP contribution in [0.1, 0.15) is 19.8 Å². The van der Waals surface area contributed by atoms with Crippen molar-refractivity contribution in [3.63, 3.8) is 0 Å². The molecule has 3 N–H and O–H groups in total. The third-order valence-corrected chi connectivity index (χ3v) is 1.54. The van der Waals surface area contributed by atoms with Gasteiger partial charge in [-0.25, -0.2) is 8.42 Å². The Bertz CT molecular complexity index is 141. The van der Waals surface area contributed by atoms with Crippen LogP contribution in [0, 0.1) is 0 Å². The molecule has 0 aromatic rings. The third kappa shape index (κ3) is 15.7. The maximum atomic E-state index is 9.83. The zero-order chi connectivity index (χ0) is 8.62. The molecule has 0 aromatic carbocycles. The highest BCUT2D eigenvalue weighted by Gasteiger charge is 1.90. The Morgan fingerprint density at radius 2 is 1.80 bits per heavy atom. The van der Waals surface area contributed by atoms with Crippen LogP contribution in [0.15, 0.2) is 0 Å². The van der Waals surface area contributed by atoms with E-state index in [-0.39, 0.29) is 5.75 Å². The number of hydrogen-bond acceptors (Lipinski definition) is 3. The molecule has 0 aliphatic rings. The lowest BCUT2D eigenvalue weighted by molar-refractivity contribution is -0.325. The fourth-order valence-corrected chi connectivity index (χ4v) is 0.963. The van der Waals surface area contributed by atoms with Crippen molar-refractivity contribution in [1.29, 1.82) is 0 Å². The van der Waals surface area contributed by atoms with Gasteiger partial charge < -0.3 is 10.3 Å². The van der Waals surface area contributed by atoms with E-state index in [1.165, 1.54) is 0 Å². The standard InChI is InChI=1S/C4H10O3S.CH5N/c1-2-3-4-8(5,6)7;1-2/h2-4H2,1H3,(H,5,6,7);2H2,1H3. The number of unbranched alkanes of at least 4 members (excludes halogenated alkanes) is 1. The van der Waals surface area contributed by atoms with Crippen molar-refractivity contribution in [2.45, 2.75) is 19.8 Å². The smallest absolute Gasteiger partial charge is 0.0945 e. The summed E-state index contributed by atoms with van der Waals surface area (Å²) >= 11 is 0. The second kappa shape index (κ2) is 6.98. The fourth-order valence-electron chi connectivity index (χ4n) is 0.321. The molecular weight excluding hydrogens is 154 g/mol. The van der Waals surface area contributed by atoms with Crippen LogP contribution in [0.5, 0.6) is 0 Å². The van der Waals surface area contributed by atoms with E-state index >= 15 is 0 Å². The second-order valence-electron chi connectivity index (χ2n) is 1.62. The predicted octanol–water partition coefficient (Wildman–Crippen LogP) is -0.810. The zero-order valence-electron chi connectivity index (χ0n) is 6.46. The Balaban J connectivity index is 0. The number of hydrogen-bond donors (Lipinski definition) is 1. The molecular formula is C5H15NO3S. The van der Waals surface area contributed by atoms with Gasteiger partial charge in [-0.15, -0.1) is 0 Å². The summed E-state index contributed by atoms with van der Waals surface area (Å²) in [6, 6.07) is 0. The quantitative estimate of drug-likeness (QED) is 0.561. The minimum Gasteiger partial charge on any atom is -0.748 e. The Morgan fingerprint density at radius 3 is 1.90 bits per heavy atom. The van der Waals surface area contributed by atoms with Gasteiger partial charge in [-0.3, -0.25) is 0 Å². The Morgan fingerprint density at radius 1 is 1.40 bits per heavy atom. The van der Waals surface area contributed by atoms with E-state index in [2.05, 4.69) is 5.73 Å². The van der Waals surface area contributed by atoms with Crippen molar-refractivity contribution in [2.75, 3.05) is 12.8 Å². The largest absolute Gasteiger partial charge is 0.748 e. The van der Waals surface area contributed by atoms with E-state index in [1.807, 2.05) is 6.92 Å². The molecule has 0 aliphatic heterocycles. The van der Waals surface area contributed by atoms with Gasteiger partial charge in [0.2, 0.25) is 0 Å². The molecule has 0 heterocycles. The first-order valence-corrected chi connectivity index (χ1v) is 4.78. The summed E-state index contributed by atoms with van der Waals surface area (Å²) in [6.07, 6.45) is 1.23. The van der Waals surface area contributed by atoms with Crippen molar-refractivity contribution >= 4 is 10.1 Å². The minimum absolute atomic E-state index is 0.219. The lowest BCUT2D eigenvalue weighted by atomic mass is 10.4. The van der Waals surface area contributed by atoms with Crippen molar-refractivity contribution in [3.05, 3.63) is 0 Å². The monoisotopic (exact) mass is 169 g/mol. The number of rotatable bonds is 3. The van der Waals surface area contributed by atoms with E-state index in [0.29, 0.717) is 6.42 Å². The lowest BCUT2D eigenvalue weighted by Gasteiger charge is -2.02. The maximum Gasteiger partial charge on any atom is 0.0945 e.